The number of hydrogen-bond donors (Lipinski definition) is 3. The highest BCUT2D eigenvalue weighted by atomic mass is 35.5. The molecule has 0 bridgehead atoms. The number of para-hydroxylation sites is 1. The van der Waals surface area contributed by atoms with E-state index in [-0.39, 0.29) is 18.4 Å². The van der Waals surface area contributed by atoms with Gasteiger partial charge in [-0.15, -0.1) is 0 Å². The number of benzene rings is 2. The number of halogens is 2. The molecule has 7 heteroatoms. The minimum Gasteiger partial charge on any atom is -0.375 e. The molecule has 2 aromatic carbocycles. The SMILES string of the molecule is CCCC(=O)Nc1ccc(Cl)c(NCC(=O)Nc2ccccc2Cl)c1. The normalized spacial score (nSPS) is 10.2. The molecule has 5 nitrogen and oxygen atoms in total. The zero-order chi connectivity index (χ0) is 18.2. The van der Waals surface area contributed by atoms with E-state index >= 15 is 0 Å². The van der Waals surface area contributed by atoms with Gasteiger partial charge in [0.15, 0.2) is 0 Å². The molecular weight excluding hydrogens is 361 g/mol. The van der Waals surface area contributed by atoms with Crippen LogP contribution in [-0.4, -0.2) is 18.4 Å². The monoisotopic (exact) mass is 379 g/mol. The molecule has 2 aromatic rings. The van der Waals surface area contributed by atoms with Crippen molar-refractivity contribution < 1.29 is 9.59 Å². The van der Waals surface area contributed by atoms with Crippen molar-refractivity contribution in [3.8, 4) is 0 Å². The molecule has 0 radical (unpaired) electrons. The number of carbonyl (C=O) groups is 2. The van der Waals surface area contributed by atoms with Gasteiger partial charge in [0.25, 0.3) is 0 Å². The molecule has 0 spiro atoms. The molecule has 0 heterocycles. The molecule has 0 aliphatic rings. The van der Waals surface area contributed by atoms with Crippen LogP contribution in [0.25, 0.3) is 0 Å². The zero-order valence-electron chi connectivity index (χ0n) is 13.7. The Bertz CT molecular complexity index is 766. The summed E-state index contributed by atoms with van der Waals surface area (Å²) in [5.74, 6) is -0.322. The summed E-state index contributed by atoms with van der Waals surface area (Å²) in [6.45, 7) is 1.95. The fourth-order valence-electron chi connectivity index (χ4n) is 2.12. The summed E-state index contributed by atoms with van der Waals surface area (Å²) in [5.41, 5.74) is 1.73. The van der Waals surface area contributed by atoms with Crippen molar-refractivity contribution in [2.75, 3.05) is 22.5 Å². The lowest BCUT2D eigenvalue weighted by Gasteiger charge is -2.12. The van der Waals surface area contributed by atoms with Crippen LogP contribution in [0.5, 0.6) is 0 Å². The minimum absolute atomic E-state index is 0.0112. The van der Waals surface area contributed by atoms with E-state index in [1.54, 1.807) is 42.5 Å². The quantitative estimate of drug-likeness (QED) is 0.647. The van der Waals surface area contributed by atoms with Gasteiger partial charge in [-0.3, -0.25) is 9.59 Å². The molecule has 2 rings (SSSR count). The Hall–Kier alpha value is -2.24. The van der Waals surface area contributed by atoms with Gasteiger partial charge >= 0.3 is 0 Å². The van der Waals surface area contributed by atoms with Gasteiger partial charge in [-0.05, 0) is 36.8 Å². The Morgan fingerprint density at radius 1 is 0.920 bits per heavy atom. The number of amides is 2. The highest BCUT2D eigenvalue weighted by molar-refractivity contribution is 6.34. The summed E-state index contributed by atoms with van der Waals surface area (Å²) in [5, 5.41) is 9.39. The Labute approximate surface area is 156 Å². The van der Waals surface area contributed by atoms with E-state index in [1.807, 2.05) is 6.92 Å². The smallest absolute Gasteiger partial charge is 0.243 e. The maximum absolute atomic E-state index is 12.1. The average molecular weight is 380 g/mol. The summed E-state index contributed by atoms with van der Waals surface area (Å²) < 4.78 is 0. The Morgan fingerprint density at radius 2 is 1.64 bits per heavy atom. The molecule has 2 amide bonds. The largest absolute Gasteiger partial charge is 0.375 e. The van der Waals surface area contributed by atoms with Crippen LogP contribution in [0, 0.1) is 0 Å². The first-order valence-corrected chi connectivity index (χ1v) is 8.63. The second-order valence-electron chi connectivity index (χ2n) is 5.37. The molecule has 25 heavy (non-hydrogen) atoms. The summed E-state index contributed by atoms with van der Waals surface area (Å²) in [6.07, 6.45) is 1.22. The van der Waals surface area contributed by atoms with Crippen molar-refractivity contribution in [3.63, 3.8) is 0 Å². The third-order valence-electron chi connectivity index (χ3n) is 3.31. The van der Waals surface area contributed by atoms with E-state index in [0.717, 1.165) is 6.42 Å². The second kappa shape index (κ2) is 9.30. The van der Waals surface area contributed by atoms with Gasteiger partial charge < -0.3 is 16.0 Å². The highest BCUT2D eigenvalue weighted by Crippen LogP contribution is 2.26. The third kappa shape index (κ3) is 5.96. The number of carbonyl (C=O) groups excluding carboxylic acids is 2. The molecule has 0 saturated heterocycles. The molecule has 0 atom stereocenters. The summed E-state index contributed by atoms with van der Waals surface area (Å²) >= 11 is 12.1. The van der Waals surface area contributed by atoms with Gasteiger partial charge in [0.05, 0.1) is 28.0 Å². The Kier molecular flexibility index (Phi) is 7.10. The van der Waals surface area contributed by atoms with Crippen LogP contribution in [0.2, 0.25) is 10.0 Å². The minimum atomic E-state index is -0.260. The maximum atomic E-state index is 12.1. The molecule has 0 saturated carbocycles. The maximum Gasteiger partial charge on any atom is 0.243 e. The van der Waals surface area contributed by atoms with Gasteiger partial charge in [-0.25, -0.2) is 0 Å². The van der Waals surface area contributed by atoms with Crippen LogP contribution in [-0.2, 0) is 9.59 Å². The van der Waals surface area contributed by atoms with Crippen molar-refractivity contribution in [1.29, 1.82) is 0 Å². The van der Waals surface area contributed by atoms with Crippen LogP contribution < -0.4 is 16.0 Å². The van der Waals surface area contributed by atoms with Crippen LogP contribution in [0.15, 0.2) is 42.5 Å². The van der Waals surface area contributed by atoms with Crippen molar-refractivity contribution in [2.45, 2.75) is 19.8 Å². The van der Waals surface area contributed by atoms with Crippen molar-refractivity contribution in [2.24, 2.45) is 0 Å². The molecular formula is C18H19Cl2N3O2. The molecule has 0 aromatic heterocycles. The van der Waals surface area contributed by atoms with Gasteiger partial charge in [0.1, 0.15) is 0 Å². The first-order valence-electron chi connectivity index (χ1n) is 7.87. The fraction of sp³-hybridized carbons (Fsp3) is 0.222. The van der Waals surface area contributed by atoms with E-state index in [0.29, 0.717) is 33.5 Å². The summed E-state index contributed by atoms with van der Waals surface area (Å²) in [6, 6.07) is 12.1. The standard InChI is InChI=1S/C18H19Cl2N3O2/c1-2-5-17(24)22-12-8-9-14(20)16(10-12)21-11-18(25)23-15-7-4-3-6-13(15)19/h3-4,6-10,21H,2,5,11H2,1H3,(H,22,24)(H,23,25). The molecule has 0 unspecified atom stereocenters. The zero-order valence-corrected chi connectivity index (χ0v) is 15.2. The third-order valence-corrected chi connectivity index (χ3v) is 3.97. The van der Waals surface area contributed by atoms with Gasteiger partial charge in [0, 0.05) is 12.1 Å². The number of anilines is 3. The van der Waals surface area contributed by atoms with Crippen LogP contribution in [0.3, 0.4) is 0 Å². The van der Waals surface area contributed by atoms with Gasteiger partial charge in [0.2, 0.25) is 11.8 Å². The number of nitrogens with one attached hydrogen (secondary N) is 3. The molecule has 0 fully saturated rings. The summed E-state index contributed by atoms with van der Waals surface area (Å²) in [7, 11) is 0. The first-order chi connectivity index (χ1) is 12.0. The second-order valence-corrected chi connectivity index (χ2v) is 6.19. The molecule has 132 valence electrons. The molecule has 0 aliphatic heterocycles. The highest BCUT2D eigenvalue weighted by Gasteiger charge is 2.08. The average Bonchev–Trinajstić information content (AvgIpc) is 2.57. The predicted molar refractivity (Wildman–Crippen MR) is 104 cm³/mol. The van der Waals surface area contributed by atoms with Crippen molar-refractivity contribution >= 4 is 52.1 Å². The number of hydrogen-bond acceptors (Lipinski definition) is 3. The molecule has 3 N–H and O–H groups in total. The lowest BCUT2D eigenvalue weighted by molar-refractivity contribution is -0.116. The van der Waals surface area contributed by atoms with E-state index in [1.165, 1.54) is 0 Å². The Balaban J connectivity index is 1.96. The lowest BCUT2D eigenvalue weighted by Crippen LogP contribution is -2.22. The van der Waals surface area contributed by atoms with E-state index in [4.69, 9.17) is 23.2 Å². The van der Waals surface area contributed by atoms with Crippen LogP contribution >= 0.6 is 23.2 Å². The Morgan fingerprint density at radius 3 is 2.36 bits per heavy atom. The van der Waals surface area contributed by atoms with E-state index in [9.17, 15) is 9.59 Å². The van der Waals surface area contributed by atoms with Crippen LogP contribution in [0.4, 0.5) is 17.1 Å². The van der Waals surface area contributed by atoms with Crippen molar-refractivity contribution in [1.82, 2.24) is 0 Å². The first kappa shape index (κ1) is 19.1. The molecule has 0 aliphatic carbocycles. The van der Waals surface area contributed by atoms with Gasteiger partial charge in [-0.1, -0.05) is 42.3 Å². The number of rotatable bonds is 7. The summed E-state index contributed by atoms with van der Waals surface area (Å²) in [4.78, 5) is 23.7. The van der Waals surface area contributed by atoms with E-state index < -0.39 is 0 Å². The van der Waals surface area contributed by atoms with E-state index in [2.05, 4.69) is 16.0 Å². The van der Waals surface area contributed by atoms with Crippen molar-refractivity contribution in [3.05, 3.63) is 52.5 Å². The van der Waals surface area contributed by atoms with Gasteiger partial charge in [-0.2, -0.15) is 0 Å². The lowest BCUT2D eigenvalue weighted by atomic mass is 10.2. The fourth-order valence-corrected chi connectivity index (χ4v) is 2.49. The topological polar surface area (TPSA) is 70.2 Å². The predicted octanol–water partition coefficient (Wildman–Crippen LogP) is 4.78. The van der Waals surface area contributed by atoms with Crippen LogP contribution in [0.1, 0.15) is 19.8 Å².